The van der Waals surface area contributed by atoms with E-state index in [1.807, 2.05) is 0 Å². The van der Waals surface area contributed by atoms with Crippen LogP contribution in [0.25, 0.3) is 0 Å². The SMILES string of the molecule is CC(C)NCC1(CCS(C)(=O)=O)CCOC1C1CC1. The molecule has 0 aromatic rings. The Hall–Kier alpha value is -0.130. The van der Waals surface area contributed by atoms with Crippen LogP contribution in [0.4, 0.5) is 0 Å². The maximum absolute atomic E-state index is 11.5. The van der Waals surface area contributed by atoms with Gasteiger partial charge in [0.1, 0.15) is 9.84 Å². The lowest BCUT2D eigenvalue weighted by atomic mass is 9.76. The van der Waals surface area contributed by atoms with E-state index in [4.69, 9.17) is 4.74 Å². The van der Waals surface area contributed by atoms with Crippen LogP contribution in [0, 0.1) is 11.3 Å². The first-order valence-corrected chi connectivity index (χ1v) is 9.41. The van der Waals surface area contributed by atoms with E-state index in [2.05, 4.69) is 19.2 Å². The Kier molecular flexibility index (Phi) is 4.58. The Bertz CT molecular complexity index is 403. The molecule has 1 heterocycles. The number of rotatable bonds is 7. The minimum atomic E-state index is -2.90. The molecule has 1 saturated heterocycles. The van der Waals surface area contributed by atoms with E-state index in [0.717, 1.165) is 26.0 Å². The molecule has 0 aromatic carbocycles. The molecule has 1 aliphatic heterocycles. The van der Waals surface area contributed by atoms with Crippen molar-refractivity contribution >= 4 is 9.84 Å². The van der Waals surface area contributed by atoms with E-state index in [1.165, 1.54) is 19.1 Å². The van der Waals surface area contributed by atoms with Gasteiger partial charge in [-0.2, -0.15) is 0 Å². The topological polar surface area (TPSA) is 55.4 Å². The Morgan fingerprint density at radius 1 is 1.37 bits per heavy atom. The fourth-order valence-corrected chi connectivity index (χ4v) is 3.86. The highest BCUT2D eigenvalue weighted by Gasteiger charge is 2.50. The molecule has 2 unspecified atom stereocenters. The second kappa shape index (κ2) is 5.70. The van der Waals surface area contributed by atoms with E-state index in [-0.39, 0.29) is 17.3 Å². The largest absolute Gasteiger partial charge is 0.377 e. The van der Waals surface area contributed by atoms with Gasteiger partial charge in [-0.15, -0.1) is 0 Å². The first kappa shape index (κ1) is 15.3. The number of nitrogens with one attached hydrogen (secondary N) is 1. The van der Waals surface area contributed by atoms with Gasteiger partial charge >= 0.3 is 0 Å². The van der Waals surface area contributed by atoms with E-state index < -0.39 is 9.84 Å². The zero-order valence-corrected chi connectivity index (χ0v) is 13.1. The average molecular weight is 289 g/mol. The van der Waals surface area contributed by atoms with Gasteiger partial charge < -0.3 is 10.1 Å². The lowest BCUT2D eigenvalue weighted by Crippen LogP contribution is -2.44. The smallest absolute Gasteiger partial charge is 0.147 e. The van der Waals surface area contributed by atoms with Crippen molar-refractivity contribution in [1.82, 2.24) is 5.32 Å². The first-order chi connectivity index (χ1) is 8.82. The fraction of sp³-hybridized carbons (Fsp3) is 1.00. The van der Waals surface area contributed by atoms with Gasteiger partial charge in [0.15, 0.2) is 0 Å². The van der Waals surface area contributed by atoms with Gasteiger partial charge in [0.25, 0.3) is 0 Å². The summed E-state index contributed by atoms with van der Waals surface area (Å²) >= 11 is 0. The van der Waals surface area contributed by atoms with Crippen molar-refractivity contribution in [3.05, 3.63) is 0 Å². The van der Waals surface area contributed by atoms with Crippen LogP contribution < -0.4 is 5.32 Å². The van der Waals surface area contributed by atoms with Crippen LogP contribution in [0.15, 0.2) is 0 Å². The Labute approximate surface area is 117 Å². The minimum Gasteiger partial charge on any atom is -0.377 e. The molecule has 0 bridgehead atoms. The van der Waals surface area contributed by atoms with Gasteiger partial charge in [-0.05, 0) is 31.6 Å². The monoisotopic (exact) mass is 289 g/mol. The molecule has 2 fully saturated rings. The first-order valence-electron chi connectivity index (χ1n) is 7.35. The normalized spacial score (nSPS) is 32.1. The summed E-state index contributed by atoms with van der Waals surface area (Å²) in [5.41, 5.74) is 0.0223. The summed E-state index contributed by atoms with van der Waals surface area (Å²) < 4.78 is 29.0. The third kappa shape index (κ3) is 4.17. The number of ether oxygens (including phenoxy) is 1. The summed E-state index contributed by atoms with van der Waals surface area (Å²) in [6, 6.07) is 0.426. The molecule has 0 amide bonds. The minimum absolute atomic E-state index is 0.0223. The highest BCUT2D eigenvalue weighted by molar-refractivity contribution is 7.90. The maximum atomic E-state index is 11.5. The molecule has 1 N–H and O–H groups in total. The summed E-state index contributed by atoms with van der Waals surface area (Å²) in [5.74, 6) is 0.940. The third-order valence-electron chi connectivity index (χ3n) is 4.38. The standard InChI is InChI=1S/C14H27NO3S/c1-11(2)15-10-14(7-9-19(3,16)17)6-8-18-13(14)12-4-5-12/h11-13,15H,4-10H2,1-3H3. The van der Waals surface area contributed by atoms with Crippen LogP contribution in [0.5, 0.6) is 0 Å². The summed E-state index contributed by atoms with van der Waals surface area (Å²) in [5, 5.41) is 3.50. The summed E-state index contributed by atoms with van der Waals surface area (Å²) in [4.78, 5) is 0. The number of hydrogen-bond donors (Lipinski definition) is 1. The number of sulfone groups is 1. The molecule has 0 radical (unpaired) electrons. The van der Waals surface area contributed by atoms with E-state index in [1.54, 1.807) is 0 Å². The molecule has 19 heavy (non-hydrogen) atoms. The summed E-state index contributed by atoms with van der Waals surface area (Å²) in [7, 11) is -2.90. The Balaban J connectivity index is 2.07. The van der Waals surface area contributed by atoms with Crippen molar-refractivity contribution in [3.8, 4) is 0 Å². The van der Waals surface area contributed by atoms with Crippen molar-refractivity contribution in [2.45, 2.75) is 51.7 Å². The van der Waals surface area contributed by atoms with Crippen molar-refractivity contribution in [1.29, 1.82) is 0 Å². The van der Waals surface area contributed by atoms with Crippen LogP contribution in [0.2, 0.25) is 0 Å². The molecule has 1 saturated carbocycles. The Morgan fingerprint density at radius 3 is 2.58 bits per heavy atom. The van der Waals surface area contributed by atoms with E-state index >= 15 is 0 Å². The van der Waals surface area contributed by atoms with Crippen LogP contribution in [0.3, 0.4) is 0 Å². The second-order valence-corrected chi connectivity index (χ2v) is 8.92. The molecule has 112 valence electrons. The molecule has 2 rings (SSSR count). The zero-order valence-electron chi connectivity index (χ0n) is 12.3. The third-order valence-corrected chi connectivity index (χ3v) is 5.33. The molecule has 0 aromatic heterocycles. The van der Waals surface area contributed by atoms with Gasteiger partial charge in [0, 0.05) is 30.9 Å². The van der Waals surface area contributed by atoms with Crippen LogP contribution in [-0.2, 0) is 14.6 Å². The van der Waals surface area contributed by atoms with E-state index in [9.17, 15) is 8.42 Å². The quantitative estimate of drug-likeness (QED) is 0.773. The molecule has 2 atom stereocenters. The fourth-order valence-electron chi connectivity index (χ4n) is 3.08. The molecule has 2 aliphatic rings. The lowest BCUT2D eigenvalue weighted by molar-refractivity contribution is 0.0283. The number of hydrogen-bond acceptors (Lipinski definition) is 4. The molecular weight excluding hydrogens is 262 g/mol. The van der Waals surface area contributed by atoms with E-state index in [0.29, 0.717) is 12.0 Å². The van der Waals surface area contributed by atoms with Crippen molar-refractivity contribution in [2.24, 2.45) is 11.3 Å². The van der Waals surface area contributed by atoms with Gasteiger partial charge in [-0.1, -0.05) is 13.8 Å². The highest BCUT2D eigenvalue weighted by atomic mass is 32.2. The molecule has 5 heteroatoms. The summed E-state index contributed by atoms with van der Waals surface area (Å²) in [6.07, 6.45) is 5.80. The highest BCUT2D eigenvalue weighted by Crippen LogP contribution is 2.49. The zero-order chi connectivity index (χ0) is 14.1. The molecular formula is C14H27NO3S. The van der Waals surface area contributed by atoms with Crippen molar-refractivity contribution in [2.75, 3.05) is 25.2 Å². The van der Waals surface area contributed by atoms with Crippen LogP contribution in [0.1, 0.15) is 39.5 Å². The lowest BCUT2D eigenvalue weighted by Gasteiger charge is -2.35. The van der Waals surface area contributed by atoms with Crippen molar-refractivity contribution < 1.29 is 13.2 Å². The van der Waals surface area contributed by atoms with Crippen LogP contribution in [-0.4, -0.2) is 45.7 Å². The molecule has 4 nitrogen and oxygen atoms in total. The Morgan fingerprint density at radius 2 is 2.05 bits per heavy atom. The summed E-state index contributed by atoms with van der Waals surface area (Å²) in [6.45, 7) is 5.92. The van der Waals surface area contributed by atoms with Crippen molar-refractivity contribution in [3.63, 3.8) is 0 Å². The predicted molar refractivity (Wildman–Crippen MR) is 77.0 cm³/mol. The van der Waals surface area contributed by atoms with Gasteiger partial charge in [-0.25, -0.2) is 8.42 Å². The molecule has 0 spiro atoms. The molecule has 1 aliphatic carbocycles. The van der Waals surface area contributed by atoms with Gasteiger partial charge in [-0.3, -0.25) is 0 Å². The average Bonchev–Trinajstić information content (AvgIpc) is 3.05. The maximum Gasteiger partial charge on any atom is 0.147 e. The second-order valence-electron chi connectivity index (χ2n) is 6.66. The predicted octanol–water partition coefficient (Wildman–Crippen LogP) is 1.60. The van der Waals surface area contributed by atoms with Gasteiger partial charge in [0.2, 0.25) is 0 Å². The van der Waals surface area contributed by atoms with Crippen LogP contribution >= 0.6 is 0 Å². The van der Waals surface area contributed by atoms with Gasteiger partial charge in [0.05, 0.1) is 11.9 Å².